The van der Waals surface area contributed by atoms with Crippen LogP contribution in [0.4, 0.5) is 4.39 Å². The second-order valence-corrected chi connectivity index (χ2v) is 4.93. The monoisotopic (exact) mass is 271 g/mol. The second kappa shape index (κ2) is 5.57. The van der Waals surface area contributed by atoms with E-state index in [1.165, 1.54) is 25.3 Å². The number of benzene rings is 1. The van der Waals surface area contributed by atoms with Crippen LogP contribution >= 0.6 is 11.6 Å². The van der Waals surface area contributed by atoms with Gasteiger partial charge in [0.05, 0.1) is 7.11 Å². The number of hydrogen-bond donors (Lipinski definition) is 0. The lowest BCUT2D eigenvalue weighted by atomic mass is 10.1. The summed E-state index contributed by atoms with van der Waals surface area (Å²) in [6.45, 7) is 1.29. The SMILES string of the molecule is COc1cc(C(=O)N2CCC(Cl)CC2)ccc1F. The predicted molar refractivity (Wildman–Crippen MR) is 67.7 cm³/mol. The molecule has 1 aromatic rings. The molecule has 0 aromatic heterocycles. The van der Waals surface area contributed by atoms with Crippen LogP contribution in [0.3, 0.4) is 0 Å². The molecule has 2 rings (SSSR count). The van der Waals surface area contributed by atoms with Crippen molar-refractivity contribution in [3.8, 4) is 5.75 Å². The van der Waals surface area contributed by atoms with Crippen molar-refractivity contribution in [2.75, 3.05) is 20.2 Å². The van der Waals surface area contributed by atoms with E-state index in [-0.39, 0.29) is 17.0 Å². The molecule has 1 aromatic carbocycles. The van der Waals surface area contributed by atoms with E-state index in [0.29, 0.717) is 18.7 Å². The summed E-state index contributed by atoms with van der Waals surface area (Å²) in [4.78, 5) is 13.9. The third kappa shape index (κ3) is 2.75. The van der Waals surface area contributed by atoms with Crippen LogP contribution in [0.5, 0.6) is 5.75 Å². The number of rotatable bonds is 2. The van der Waals surface area contributed by atoms with Crippen LogP contribution in [-0.2, 0) is 0 Å². The molecule has 0 bridgehead atoms. The van der Waals surface area contributed by atoms with Crippen molar-refractivity contribution >= 4 is 17.5 Å². The number of carbonyl (C=O) groups excluding carboxylic acids is 1. The molecule has 0 spiro atoms. The molecule has 98 valence electrons. The van der Waals surface area contributed by atoms with E-state index in [2.05, 4.69) is 0 Å². The lowest BCUT2D eigenvalue weighted by Crippen LogP contribution is -2.38. The molecule has 0 aliphatic carbocycles. The molecule has 0 saturated carbocycles. The normalized spacial score (nSPS) is 16.7. The highest BCUT2D eigenvalue weighted by molar-refractivity contribution is 6.20. The topological polar surface area (TPSA) is 29.5 Å². The zero-order valence-electron chi connectivity index (χ0n) is 10.2. The number of nitrogens with zero attached hydrogens (tertiary/aromatic N) is 1. The van der Waals surface area contributed by atoms with Gasteiger partial charge < -0.3 is 9.64 Å². The molecule has 0 unspecified atom stereocenters. The van der Waals surface area contributed by atoms with Gasteiger partial charge in [0.1, 0.15) is 0 Å². The van der Waals surface area contributed by atoms with E-state index in [1.807, 2.05) is 0 Å². The van der Waals surface area contributed by atoms with Gasteiger partial charge in [-0.3, -0.25) is 4.79 Å². The van der Waals surface area contributed by atoms with E-state index >= 15 is 0 Å². The summed E-state index contributed by atoms with van der Waals surface area (Å²) in [5.41, 5.74) is 0.446. The molecule has 1 fully saturated rings. The molecular weight excluding hydrogens is 257 g/mol. The number of carbonyl (C=O) groups is 1. The summed E-state index contributed by atoms with van der Waals surface area (Å²) in [7, 11) is 1.38. The van der Waals surface area contributed by atoms with E-state index in [4.69, 9.17) is 16.3 Å². The zero-order chi connectivity index (χ0) is 13.1. The average Bonchev–Trinajstić information content (AvgIpc) is 2.39. The van der Waals surface area contributed by atoms with Gasteiger partial charge in [-0.1, -0.05) is 0 Å². The van der Waals surface area contributed by atoms with Crippen LogP contribution in [0, 0.1) is 5.82 Å². The van der Waals surface area contributed by atoms with Crippen LogP contribution in [0.15, 0.2) is 18.2 Å². The minimum atomic E-state index is -0.464. The Bertz CT molecular complexity index is 445. The lowest BCUT2D eigenvalue weighted by Gasteiger charge is -2.29. The molecule has 1 aliphatic heterocycles. The molecule has 5 heteroatoms. The van der Waals surface area contributed by atoms with Gasteiger partial charge in [0.15, 0.2) is 11.6 Å². The van der Waals surface area contributed by atoms with Crippen LogP contribution in [0.2, 0.25) is 0 Å². The molecule has 18 heavy (non-hydrogen) atoms. The quantitative estimate of drug-likeness (QED) is 0.774. The third-order valence-corrected chi connectivity index (χ3v) is 3.55. The predicted octanol–water partition coefficient (Wildman–Crippen LogP) is 2.68. The van der Waals surface area contributed by atoms with Gasteiger partial charge in [-0.05, 0) is 31.0 Å². The molecule has 1 amide bonds. The Hall–Kier alpha value is -1.29. The highest BCUT2D eigenvalue weighted by atomic mass is 35.5. The van der Waals surface area contributed by atoms with E-state index in [9.17, 15) is 9.18 Å². The van der Waals surface area contributed by atoms with Gasteiger partial charge in [0.2, 0.25) is 0 Å². The zero-order valence-corrected chi connectivity index (χ0v) is 10.9. The van der Waals surface area contributed by atoms with Gasteiger partial charge in [0.25, 0.3) is 5.91 Å². The number of likely N-dealkylation sites (tertiary alicyclic amines) is 1. The van der Waals surface area contributed by atoms with Crippen LogP contribution < -0.4 is 4.74 Å². The fraction of sp³-hybridized carbons (Fsp3) is 0.462. The number of amides is 1. The standard InChI is InChI=1S/C13H15ClFNO2/c1-18-12-8-9(2-3-11(12)15)13(17)16-6-4-10(14)5-7-16/h2-3,8,10H,4-7H2,1H3. The molecule has 0 N–H and O–H groups in total. The van der Waals surface area contributed by atoms with E-state index in [1.54, 1.807) is 4.90 Å². The number of piperidine rings is 1. The van der Waals surface area contributed by atoms with Crippen molar-refractivity contribution in [2.24, 2.45) is 0 Å². The van der Waals surface area contributed by atoms with E-state index in [0.717, 1.165) is 12.8 Å². The molecule has 0 atom stereocenters. The third-order valence-electron chi connectivity index (χ3n) is 3.11. The second-order valence-electron chi connectivity index (χ2n) is 4.32. The summed E-state index contributed by atoms with van der Waals surface area (Å²) >= 11 is 5.99. The maximum Gasteiger partial charge on any atom is 0.253 e. The highest BCUT2D eigenvalue weighted by Gasteiger charge is 2.23. The van der Waals surface area contributed by atoms with E-state index < -0.39 is 5.82 Å². The number of hydrogen-bond acceptors (Lipinski definition) is 2. The van der Waals surface area contributed by atoms with Gasteiger partial charge in [-0.15, -0.1) is 11.6 Å². The Morgan fingerprint density at radius 2 is 2.11 bits per heavy atom. The van der Waals surface area contributed by atoms with Crippen LogP contribution in [0.1, 0.15) is 23.2 Å². The largest absolute Gasteiger partial charge is 0.494 e. The number of halogens is 2. The minimum absolute atomic E-state index is 0.0908. The highest BCUT2D eigenvalue weighted by Crippen LogP contribution is 2.22. The molecule has 0 radical (unpaired) electrons. The Kier molecular flexibility index (Phi) is 4.07. The van der Waals surface area contributed by atoms with Crippen molar-refractivity contribution in [2.45, 2.75) is 18.2 Å². The maximum atomic E-state index is 13.3. The van der Waals surface area contributed by atoms with Crippen molar-refractivity contribution in [3.63, 3.8) is 0 Å². The van der Waals surface area contributed by atoms with Gasteiger partial charge >= 0.3 is 0 Å². The molecular formula is C13H15ClFNO2. The summed E-state index contributed by atoms with van der Waals surface area (Å²) in [5.74, 6) is -0.474. The number of methoxy groups -OCH3 is 1. The Labute approximate surface area is 110 Å². The summed E-state index contributed by atoms with van der Waals surface area (Å²) < 4.78 is 18.1. The maximum absolute atomic E-state index is 13.3. The van der Waals surface area contributed by atoms with Crippen LogP contribution in [0.25, 0.3) is 0 Å². The van der Waals surface area contributed by atoms with Crippen molar-refractivity contribution in [3.05, 3.63) is 29.6 Å². The molecule has 1 aliphatic rings. The van der Waals surface area contributed by atoms with Crippen molar-refractivity contribution < 1.29 is 13.9 Å². The molecule has 1 heterocycles. The Morgan fingerprint density at radius 3 is 2.72 bits per heavy atom. The fourth-order valence-corrected chi connectivity index (χ4v) is 2.22. The summed E-state index contributed by atoms with van der Waals surface area (Å²) in [5, 5.41) is 0.150. The molecule has 3 nitrogen and oxygen atoms in total. The fourth-order valence-electron chi connectivity index (χ4n) is 2.03. The smallest absolute Gasteiger partial charge is 0.253 e. The lowest BCUT2D eigenvalue weighted by molar-refractivity contribution is 0.0726. The average molecular weight is 272 g/mol. The van der Waals surface area contributed by atoms with Crippen molar-refractivity contribution in [1.82, 2.24) is 4.90 Å². The van der Waals surface area contributed by atoms with Gasteiger partial charge in [0, 0.05) is 24.0 Å². The van der Waals surface area contributed by atoms with Gasteiger partial charge in [-0.2, -0.15) is 0 Å². The Balaban J connectivity index is 2.13. The molecule has 1 saturated heterocycles. The number of alkyl halides is 1. The first kappa shape index (κ1) is 13.1. The first-order chi connectivity index (χ1) is 8.61. The number of ether oxygens (including phenoxy) is 1. The summed E-state index contributed by atoms with van der Waals surface area (Å²) in [6, 6.07) is 4.16. The first-order valence-electron chi connectivity index (χ1n) is 5.88. The van der Waals surface area contributed by atoms with Crippen molar-refractivity contribution in [1.29, 1.82) is 0 Å². The summed E-state index contributed by atoms with van der Waals surface area (Å²) in [6.07, 6.45) is 1.59. The first-order valence-corrected chi connectivity index (χ1v) is 6.32. The Morgan fingerprint density at radius 1 is 1.44 bits per heavy atom. The van der Waals surface area contributed by atoms with Crippen LogP contribution in [-0.4, -0.2) is 36.4 Å². The van der Waals surface area contributed by atoms with Gasteiger partial charge in [-0.25, -0.2) is 4.39 Å². The minimum Gasteiger partial charge on any atom is -0.494 e.